The van der Waals surface area contributed by atoms with Crippen LogP contribution in [0.4, 0.5) is 0 Å². The third kappa shape index (κ3) is 2.55. The van der Waals surface area contributed by atoms with Crippen molar-refractivity contribution < 1.29 is 29.4 Å². The number of rotatable bonds is 2. The molecule has 2 heterocycles. The molecule has 0 bridgehead atoms. The Labute approximate surface area is 113 Å². The van der Waals surface area contributed by atoms with E-state index in [1.54, 1.807) is 0 Å². The lowest BCUT2D eigenvalue weighted by Crippen LogP contribution is -2.53. The number of hydrogen-bond acceptors (Lipinski definition) is 6. The monoisotopic (exact) mass is 274 g/mol. The molecular formula is C12H23BO6. The lowest BCUT2D eigenvalue weighted by atomic mass is 9.66. The van der Waals surface area contributed by atoms with Crippen molar-refractivity contribution in [2.75, 3.05) is 13.2 Å². The van der Waals surface area contributed by atoms with Crippen LogP contribution in [0.25, 0.3) is 0 Å². The summed E-state index contributed by atoms with van der Waals surface area (Å²) >= 11 is 0. The van der Waals surface area contributed by atoms with Crippen molar-refractivity contribution in [2.24, 2.45) is 0 Å². The summed E-state index contributed by atoms with van der Waals surface area (Å²) in [6, 6.07) is 0. The van der Waals surface area contributed by atoms with Crippen molar-refractivity contribution in [3.05, 3.63) is 0 Å². The molecule has 19 heavy (non-hydrogen) atoms. The van der Waals surface area contributed by atoms with E-state index >= 15 is 0 Å². The van der Waals surface area contributed by atoms with Crippen molar-refractivity contribution in [1.82, 2.24) is 0 Å². The first-order valence-electron chi connectivity index (χ1n) is 6.64. The Kier molecular flexibility index (Phi) is 3.99. The second-order valence-corrected chi connectivity index (χ2v) is 6.32. The Morgan fingerprint density at radius 2 is 1.58 bits per heavy atom. The molecule has 2 aliphatic heterocycles. The van der Waals surface area contributed by atoms with Crippen molar-refractivity contribution in [1.29, 1.82) is 0 Å². The van der Waals surface area contributed by atoms with Gasteiger partial charge in [-0.05, 0) is 27.7 Å². The highest BCUT2D eigenvalue weighted by Gasteiger charge is 2.57. The molecule has 3 N–H and O–H groups in total. The van der Waals surface area contributed by atoms with Crippen LogP contribution in [-0.4, -0.2) is 65.2 Å². The molecule has 6 nitrogen and oxygen atoms in total. The van der Waals surface area contributed by atoms with E-state index in [4.69, 9.17) is 19.2 Å². The Hall–Kier alpha value is -0.175. The van der Waals surface area contributed by atoms with E-state index in [1.165, 1.54) is 0 Å². The van der Waals surface area contributed by atoms with E-state index in [0.717, 1.165) is 0 Å². The van der Waals surface area contributed by atoms with Gasteiger partial charge in [0.2, 0.25) is 0 Å². The van der Waals surface area contributed by atoms with Crippen LogP contribution in [0.2, 0.25) is 5.82 Å². The number of aliphatic hydroxyl groups is 3. The van der Waals surface area contributed by atoms with Crippen LogP contribution in [0.15, 0.2) is 0 Å². The highest BCUT2D eigenvalue weighted by atomic mass is 16.7. The normalized spacial score (nSPS) is 41.5. The minimum absolute atomic E-state index is 0.181. The maximum atomic E-state index is 10.1. The summed E-state index contributed by atoms with van der Waals surface area (Å²) in [5.41, 5.74) is -0.980. The zero-order valence-electron chi connectivity index (χ0n) is 11.9. The Bertz CT molecular complexity index is 318. The SMILES string of the molecule is CC1(C)OB([C@H]2CO[C@H](CO)[C@@H](O)[C@@H]2O)OC1(C)C. The lowest BCUT2D eigenvalue weighted by Gasteiger charge is -2.37. The minimum atomic E-state index is -1.14. The van der Waals surface area contributed by atoms with Gasteiger partial charge in [0.15, 0.2) is 0 Å². The van der Waals surface area contributed by atoms with Gasteiger partial charge in [0.05, 0.1) is 30.5 Å². The van der Waals surface area contributed by atoms with Crippen LogP contribution in [0.5, 0.6) is 0 Å². The molecule has 0 aliphatic carbocycles. The molecule has 7 heteroatoms. The van der Waals surface area contributed by atoms with Gasteiger partial charge in [-0.25, -0.2) is 0 Å². The van der Waals surface area contributed by atoms with Crippen LogP contribution in [0.3, 0.4) is 0 Å². The molecule has 2 fully saturated rings. The topological polar surface area (TPSA) is 88.4 Å². The molecule has 110 valence electrons. The van der Waals surface area contributed by atoms with Crippen LogP contribution in [-0.2, 0) is 14.0 Å². The summed E-state index contributed by atoms with van der Waals surface area (Å²) in [4.78, 5) is 0. The average Bonchev–Trinajstić information content (AvgIpc) is 2.51. The molecule has 0 spiro atoms. The van der Waals surface area contributed by atoms with E-state index in [-0.39, 0.29) is 13.2 Å². The first-order chi connectivity index (χ1) is 8.69. The van der Waals surface area contributed by atoms with Crippen molar-refractivity contribution in [3.63, 3.8) is 0 Å². The van der Waals surface area contributed by atoms with E-state index < -0.39 is 42.4 Å². The molecule has 4 atom stereocenters. The van der Waals surface area contributed by atoms with E-state index in [9.17, 15) is 10.2 Å². The maximum absolute atomic E-state index is 10.1. The van der Waals surface area contributed by atoms with Gasteiger partial charge in [0.1, 0.15) is 12.2 Å². The summed E-state index contributed by atoms with van der Waals surface area (Å²) in [5.74, 6) is -0.473. The van der Waals surface area contributed by atoms with Gasteiger partial charge >= 0.3 is 7.12 Å². The van der Waals surface area contributed by atoms with Gasteiger partial charge in [0.25, 0.3) is 0 Å². The van der Waals surface area contributed by atoms with Crippen LogP contribution in [0.1, 0.15) is 27.7 Å². The first kappa shape index (κ1) is 15.2. The number of ether oxygens (including phenoxy) is 1. The second kappa shape index (κ2) is 4.98. The van der Waals surface area contributed by atoms with Crippen molar-refractivity contribution in [2.45, 2.75) is 63.0 Å². The van der Waals surface area contributed by atoms with Crippen molar-refractivity contribution >= 4 is 7.12 Å². The van der Waals surface area contributed by atoms with Gasteiger partial charge in [0, 0.05) is 5.82 Å². The zero-order chi connectivity index (χ0) is 14.4. The summed E-state index contributed by atoms with van der Waals surface area (Å²) < 4.78 is 17.1. The Morgan fingerprint density at radius 1 is 1.05 bits per heavy atom. The molecule has 2 saturated heterocycles. The van der Waals surface area contributed by atoms with Crippen LogP contribution in [0, 0.1) is 0 Å². The predicted octanol–water partition coefficient (Wildman–Crippen LogP) is -0.438. The van der Waals surface area contributed by atoms with E-state index in [2.05, 4.69) is 0 Å². The predicted molar refractivity (Wildman–Crippen MR) is 68.7 cm³/mol. The molecular weight excluding hydrogens is 251 g/mol. The fourth-order valence-electron chi connectivity index (χ4n) is 2.37. The van der Waals surface area contributed by atoms with Gasteiger partial charge in [-0.1, -0.05) is 0 Å². The fraction of sp³-hybridized carbons (Fsp3) is 1.00. The largest absolute Gasteiger partial charge is 0.466 e. The summed E-state index contributed by atoms with van der Waals surface area (Å²) in [5, 5.41) is 29.1. The molecule has 0 saturated carbocycles. The minimum Gasteiger partial charge on any atom is -0.403 e. The molecule has 0 aromatic rings. The second-order valence-electron chi connectivity index (χ2n) is 6.32. The van der Waals surface area contributed by atoms with E-state index in [1.807, 2.05) is 27.7 Å². The third-order valence-electron chi connectivity index (χ3n) is 4.47. The molecule has 2 aliphatic rings. The number of aliphatic hydroxyl groups excluding tert-OH is 3. The highest BCUT2D eigenvalue weighted by Crippen LogP contribution is 2.42. The molecule has 0 unspecified atom stereocenters. The lowest BCUT2D eigenvalue weighted by molar-refractivity contribution is -0.150. The first-order valence-corrected chi connectivity index (χ1v) is 6.64. The van der Waals surface area contributed by atoms with E-state index in [0.29, 0.717) is 0 Å². The quantitative estimate of drug-likeness (QED) is 0.592. The summed E-state index contributed by atoms with van der Waals surface area (Å²) in [7, 11) is -0.630. The molecule has 0 aromatic heterocycles. The smallest absolute Gasteiger partial charge is 0.403 e. The zero-order valence-corrected chi connectivity index (χ0v) is 11.9. The van der Waals surface area contributed by atoms with Gasteiger partial charge in [-0.15, -0.1) is 0 Å². The highest BCUT2D eigenvalue weighted by molar-refractivity contribution is 6.47. The summed E-state index contributed by atoms with van der Waals surface area (Å²) in [6.07, 6.45) is -2.93. The van der Waals surface area contributed by atoms with Gasteiger partial charge in [-0.2, -0.15) is 0 Å². The fourth-order valence-corrected chi connectivity index (χ4v) is 2.37. The number of hydrogen-bond donors (Lipinski definition) is 3. The molecule has 0 amide bonds. The average molecular weight is 274 g/mol. The van der Waals surface area contributed by atoms with Gasteiger partial charge < -0.3 is 29.4 Å². The Morgan fingerprint density at radius 3 is 2.05 bits per heavy atom. The molecule has 2 rings (SSSR count). The maximum Gasteiger partial charge on any atom is 0.466 e. The van der Waals surface area contributed by atoms with Crippen LogP contribution < -0.4 is 0 Å². The van der Waals surface area contributed by atoms with Gasteiger partial charge in [-0.3, -0.25) is 0 Å². The van der Waals surface area contributed by atoms with Crippen molar-refractivity contribution in [3.8, 4) is 0 Å². The summed E-state index contributed by atoms with van der Waals surface area (Å²) in [6.45, 7) is 7.56. The Balaban J connectivity index is 2.08. The third-order valence-corrected chi connectivity index (χ3v) is 4.47. The van der Waals surface area contributed by atoms with Crippen LogP contribution >= 0.6 is 0 Å². The standard InChI is InChI=1S/C12H23BO6/c1-11(2)12(3,4)19-13(18-11)7-6-17-8(5-14)10(16)9(7)15/h7-10,14-16H,5-6H2,1-4H3/t7-,8+,9+,10+/m0/s1. The molecule has 0 radical (unpaired) electrons. The molecule has 0 aromatic carbocycles.